The van der Waals surface area contributed by atoms with Gasteiger partial charge in [-0.15, -0.1) is 0 Å². The SMILES string of the molecule is COc1ccc(NC(=O)C2(O)CCCC2)c2cccnc12. The van der Waals surface area contributed by atoms with Crippen LogP contribution in [-0.2, 0) is 4.79 Å². The fourth-order valence-electron chi connectivity index (χ4n) is 2.85. The molecular weight excluding hydrogens is 268 g/mol. The molecule has 0 atom stereocenters. The van der Waals surface area contributed by atoms with Crippen molar-refractivity contribution in [3.63, 3.8) is 0 Å². The van der Waals surface area contributed by atoms with Gasteiger partial charge < -0.3 is 15.2 Å². The first-order chi connectivity index (χ1) is 10.1. The van der Waals surface area contributed by atoms with Crippen molar-refractivity contribution >= 4 is 22.5 Å². The molecule has 21 heavy (non-hydrogen) atoms. The second-order valence-electron chi connectivity index (χ2n) is 5.41. The highest BCUT2D eigenvalue weighted by atomic mass is 16.5. The Kier molecular flexibility index (Phi) is 3.51. The van der Waals surface area contributed by atoms with Gasteiger partial charge in [0.2, 0.25) is 0 Å². The quantitative estimate of drug-likeness (QED) is 0.909. The molecule has 1 aliphatic rings. The minimum absolute atomic E-state index is 0.338. The molecule has 3 rings (SSSR count). The monoisotopic (exact) mass is 286 g/mol. The first-order valence-corrected chi connectivity index (χ1v) is 7.10. The minimum atomic E-state index is -1.24. The predicted molar refractivity (Wildman–Crippen MR) is 80.3 cm³/mol. The fraction of sp³-hybridized carbons (Fsp3) is 0.375. The van der Waals surface area contributed by atoms with Crippen LogP contribution in [0.2, 0.25) is 0 Å². The molecule has 1 aromatic heterocycles. The topological polar surface area (TPSA) is 71.5 Å². The Hall–Kier alpha value is -2.14. The summed E-state index contributed by atoms with van der Waals surface area (Å²) in [6.07, 6.45) is 4.49. The summed E-state index contributed by atoms with van der Waals surface area (Å²) >= 11 is 0. The third kappa shape index (κ3) is 2.45. The maximum absolute atomic E-state index is 12.3. The van der Waals surface area contributed by atoms with Crippen molar-refractivity contribution in [1.29, 1.82) is 0 Å². The van der Waals surface area contributed by atoms with Gasteiger partial charge in [0.1, 0.15) is 16.9 Å². The number of aliphatic hydroxyl groups is 1. The normalized spacial score (nSPS) is 16.9. The molecule has 1 heterocycles. The van der Waals surface area contributed by atoms with Gasteiger partial charge in [-0.25, -0.2) is 0 Å². The van der Waals surface area contributed by atoms with E-state index in [1.807, 2.05) is 12.1 Å². The molecular formula is C16H18N2O3. The summed E-state index contributed by atoms with van der Waals surface area (Å²) in [4.78, 5) is 16.6. The highest BCUT2D eigenvalue weighted by Crippen LogP contribution is 2.33. The van der Waals surface area contributed by atoms with Crippen LogP contribution in [0, 0.1) is 0 Å². The number of carbonyl (C=O) groups excluding carboxylic acids is 1. The zero-order valence-corrected chi connectivity index (χ0v) is 11.9. The molecule has 1 fully saturated rings. The number of amides is 1. The number of hydrogen-bond donors (Lipinski definition) is 2. The van der Waals surface area contributed by atoms with E-state index < -0.39 is 5.60 Å². The highest BCUT2D eigenvalue weighted by Gasteiger charge is 2.38. The van der Waals surface area contributed by atoms with E-state index in [0.717, 1.165) is 18.2 Å². The van der Waals surface area contributed by atoms with Gasteiger partial charge in [-0.3, -0.25) is 9.78 Å². The molecule has 0 unspecified atom stereocenters. The summed E-state index contributed by atoms with van der Waals surface area (Å²) in [6, 6.07) is 7.23. The van der Waals surface area contributed by atoms with Gasteiger partial charge in [0.25, 0.3) is 5.91 Å². The third-order valence-corrected chi connectivity index (χ3v) is 4.05. The summed E-state index contributed by atoms with van der Waals surface area (Å²) in [5.74, 6) is 0.318. The second kappa shape index (κ2) is 5.33. The summed E-state index contributed by atoms with van der Waals surface area (Å²) in [6.45, 7) is 0. The number of carbonyl (C=O) groups is 1. The number of fused-ring (bicyclic) bond motifs is 1. The Morgan fingerprint density at radius 2 is 2.10 bits per heavy atom. The summed E-state index contributed by atoms with van der Waals surface area (Å²) < 4.78 is 5.28. The number of nitrogens with zero attached hydrogens (tertiary/aromatic N) is 1. The predicted octanol–water partition coefficient (Wildman–Crippen LogP) is 2.49. The number of pyridine rings is 1. The van der Waals surface area contributed by atoms with Crippen LogP contribution in [0.3, 0.4) is 0 Å². The molecule has 110 valence electrons. The molecule has 0 saturated heterocycles. The van der Waals surface area contributed by atoms with Crippen molar-refractivity contribution in [1.82, 2.24) is 4.98 Å². The van der Waals surface area contributed by atoms with E-state index in [1.54, 1.807) is 25.4 Å². The number of methoxy groups -OCH3 is 1. The zero-order valence-electron chi connectivity index (χ0n) is 11.9. The van der Waals surface area contributed by atoms with Crippen LogP contribution >= 0.6 is 0 Å². The van der Waals surface area contributed by atoms with Crippen molar-refractivity contribution in [2.75, 3.05) is 12.4 Å². The number of anilines is 1. The Morgan fingerprint density at radius 1 is 1.33 bits per heavy atom. The molecule has 1 aromatic carbocycles. The molecule has 1 amide bonds. The number of nitrogens with one attached hydrogen (secondary N) is 1. The highest BCUT2D eigenvalue weighted by molar-refractivity contribution is 6.05. The van der Waals surface area contributed by atoms with Gasteiger partial charge in [-0.05, 0) is 49.9 Å². The molecule has 2 N–H and O–H groups in total. The molecule has 1 aliphatic carbocycles. The second-order valence-corrected chi connectivity index (χ2v) is 5.41. The molecule has 1 saturated carbocycles. The largest absolute Gasteiger partial charge is 0.494 e. The Morgan fingerprint density at radius 3 is 2.81 bits per heavy atom. The van der Waals surface area contributed by atoms with Crippen LogP contribution in [-0.4, -0.2) is 28.7 Å². The molecule has 5 heteroatoms. The first kappa shape index (κ1) is 13.8. The van der Waals surface area contributed by atoms with E-state index in [4.69, 9.17) is 4.74 Å². The van der Waals surface area contributed by atoms with E-state index in [2.05, 4.69) is 10.3 Å². The van der Waals surface area contributed by atoms with Crippen molar-refractivity contribution in [3.05, 3.63) is 30.5 Å². The van der Waals surface area contributed by atoms with E-state index in [9.17, 15) is 9.90 Å². The average Bonchev–Trinajstić information content (AvgIpc) is 2.96. The Bertz CT molecular complexity index is 678. The average molecular weight is 286 g/mol. The van der Waals surface area contributed by atoms with Crippen LogP contribution in [0.25, 0.3) is 10.9 Å². The lowest BCUT2D eigenvalue weighted by Crippen LogP contribution is -2.40. The van der Waals surface area contributed by atoms with Crippen molar-refractivity contribution in [3.8, 4) is 5.75 Å². The molecule has 0 radical (unpaired) electrons. The molecule has 0 bridgehead atoms. The maximum Gasteiger partial charge on any atom is 0.256 e. The van der Waals surface area contributed by atoms with Crippen molar-refractivity contribution in [2.45, 2.75) is 31.3 Å². The van der Waals surface area contributed by atoms with E-state index in [1.165, 1.54) is 0 Å². The number of rotatable bonds is 3. The van der Waals surface area contributed by atoms with Crippen LogP contribution < -0.4 is 10.1 Å². The van der Waals surface area contributed by atoms with Crippen LogP contribution in [0.1, 0.15) is 25.7 Å². The van der Waals surface area contributed by atoms with Gasteiger partial charge >= 0.3 is 0 Å². The van der Waals surface area contributed by atoms with Gasteiger partial charge in [-0.1, -0.05) is 0 Å². The van der Waals surface area contributed by atoms with E-state index >= 15 is 0 Å². The number of hydrogen-bond acceptors (Lipinski definition) is 4. The van der Waals surface area contributed by atoms with E-state index in [0.29, 0.717) is 29.8 Å². The molecule has 2 aromatic rings. The van der Waals surface area contributed by atoms with Crippen LogP contribution in [0.5, 0.6) is 5.75 Å². The minimum Gasteiger partial charge on any atom is -0.494 e. The third-order valence-electron chi connectivity index (χ3n) is 4.05. The maximum atomic E-state index is 12.3. The van der Waals surface area contributed by atoms with Crippen LogP contribution in [0.4, 0.5) is 5.69 Å². The first-order valence-electron chi connectivity index (χ1n) is 7.10. The Labute approximate surface area is 123 Å². The summed E-state index contributed by atoms with van der Waals surface area (Å²) in [5.41, 5.74) is 0.0921. The lowest BCUT2D eigenvalue weighted by Gasteiger charge is -2.21. The lowest BCUT2D eigenvalue weighted by molar-refractivity contribution is -0.133. The molecule has 5 nitrogen and oxygen atoms in total. The molecule has 0 aliphatic heterocycles. The summed E-state index contributed by atoms with van der Waals surface area (Å²) in [7, 11) is 1.59. The number of ether oxygens (including phenoxy) is 1. The van der Waals surface area contributed by atoms with Crippen LogP contribution in [0.15, 0.2) is 30.5 Å². The standard InChI is InChI=1S/C16H18N2O3/c1-21-13-7-6-12(11-5-4-10-17-14(11)13)18-15(19)16(20)8-2-3-9-16/h4-7,10,20H,2-3,8-9H2,1H3,(H,18,19). The smallest absolute Gasteiger partial charge is 0.256 e. The fourth-order valence-corrected chi connectivity index (χ4v) is 2.85. The van der Waals surface area contributed by atoms with Gasteiger partial charge in [-0.2, -0.15) is 0 Å². The lowest BCUT2D eigenvalue weighted by atomic mass is 10.0. The number of aromatic nitrogens is 1. The van der Waals surface area contributed by atoms with Gasteiger partial charge in [0, 0.05) is 11.6 Å². The molecule has 0 spiro atoms. The van der Waals surface area contributed by atoms with Gasteiger partial charge in [0.05, 0.1) is 12.8 Å². The summed E-state index contributed by atoms with van der Waals surface area (Å²) in [5, 5.41) is 14.0. The Balaban J connectivity index is 1.96. The van der Waals surface area contributed by atoms with E-state index in [-0.39, 0.29) is 5.91 Å². The zero-order chi connectivity index (χ0) is 14.9. The van der Waals surface area contributed by atoms with Gasteiger partial charge in [0.15, 0.2) is 0 Å². The number of benzene rings is 1. The van der Waals surface area contributed by atoms with Crippen molar-refractivity contribution < 1.29 is 14.6 Å². The van der Waals surface area contributed by atoms with Crippen molar-refractivity contribution in [2.24, 2.45) is 0 Å².